The van der Waals surface area contributed by atoms with Crippen molar-refractivity contribution in [2.24, 2.45) is 0 Å². The van der Waals surface area contributed by atoms with Crippen molar-refractivity contribution < 1.29 is 23.8 Å². The number of aliphatic hydroxyl groups is 1. The molecule has 0 saturated heterocycles. The number of aromatic nitrogens is 1. The number of ether oxygens (including phenoxy) is 2. The van der Waals surface area contributed by atoms with Gasteiger partial charge in [-0.1, -0.05) is 6.07 Å². The number of hydrogen-bond acceptors (Lipinski definition) is 7. The number of nitrogens with zero attached hydrogens (tertiary/aromatic N) is 1. The van der Waals surface area contributed by atoms with Gasteiger partial charge in [0.1, 0.15) is 17.3 Å². The number of oxazole rings is 1. The normalized spacial score (nSPS) is 11.9. The van der Waals surface area contributed by atoms with Gasteiger partial charge in [-0.3, -0.25) is 4.79 Å². The second kappa shape index (κ2) is 8.90. The van der Waals surface area contributed by atoms with Crippen molar-refractivity contribution in [3.8, 4) is 22.3 Å². The molecule has 8 heteroatoms. The van der Waals surface area contributed by atoms with E-state index in [1.165, 1.54) is 18.4 Å². The van der Waals surface area contributed by atoms with Gasteiger partial charge in [0.05, 0.1) is 37.3 Å². The van der Waals surface area contributed by atoms with E-state index in [0.29, 0.717) is 34.4 Å². The number of benzene rings is 1. The van der Waals surface area contributed by atoms with Crippen LogP contribution in [0.3, 0.4) is 0 Å². The van der Waals surface area contributed by atoms with Crippen LogP contribution in [0.25, 0.3) is 10.8 Å². The Morgan fingerprint density at radius 1 is 1.32 bits per heavy atom. The first-order valence-corrected chi connectivity index (χ1v) is 9.56. The summed E-state index contributed by atoms with van der Waals surface area (Å²) >= 11 is 1.52. The SMILES string of the molecule is COc1ccc(OC)c(C(O)CNC(=O)Cc2nc(-c3cccs3)oc2C)c1. The largest absolute Gasteiger partial charge is 0.497 e. The topological polar surface area (TPSA) is 93.8 Å². The minimum atomic E-state index is -0.936. The predicted molar refractivity (Wildman–Crippen MR) is 106 cm³/mol. The van der Waals surface area contributed by atoms with Crippen LogP contribution in [0.15, 0.2) is 40.1 Å². The lowest BCUT2D eigenvalue weighted by Crippen LogP contribution is -2.30. The number of nitrogens with one attached hydrogen (secondary N) is 1. The first kappa shape index (κ1) is 19.9. The summed E-state index contributed by atoms with van der Waals surface area (Å²) in [6.07, 6.45) is -0.864. The Balaban J connectivity index is 1.62. The number of amides is 1. The van der Waals surface area contributed by atoms with Crippen molar-refractivity contribution in [3.05, 3.63) is 52.7 Å². The Hall–Kier alpha value is -2.84. The maximum atomic E-state index is 12.3. The number of aryl methyl sites for hydroxylation is 1. The van der Waals surface area contributed by atoms with Gasteiger partial charge in [-0.05, 0) is 36.6 Å². The fraction of sp³-hybridized carbons (Fsp3) is 0.300. The average Bonchev–Trinajstić information content (AvgIpc) is 3.36. The van der Waals surface area contributed by atoms with E-state index in [4.69, 9.17) is 13.9 Å². The number of carbonyl (C=O) groups is 1. The molecule has 2 heterocycles. The molecule has 1 aromatic carbocycles. The lowest BCUT2D eigenvalue weighted by atomic mass is 10.1. The number of hydrogen-bond donors (Lipinski definition) is 2. The van der Waals surface area contributed by atoms with Crippen molar-refractivity contribution in [1.29, 1.82) is 0 Å². The Kier molecular flexibility index (Phi) is 6.33. The van der Waals surface area contributed by atoms with Gasteiger partial charge < -0.3 is 24.3 Å². The Bertz CT molecular complexity index is 936. The molecule has 3 rings (SSSR count). The smallest absolute Gasteiger partial charge is 0.236 e. The van der Waals surface area contributed by atoms with Gasteiger partial charge in [0.2, 0.25) is 11.8 Å². The quantitative estimate of drug-likeness (QED) is 0.601. The van der Waals surface area contributed by atoms with E-state index in [0.717, 1.165) is 4.88 Å². The molecule has 0 fully saturated rings. The Morgan fingerprint density at radius 3 is 2.82 bits per heavy atom. The van der Waals surface area contributed by atoms with E-state index >= 15 is 0 Å². The van der Waals surface area contributed by atoms with Crippen molar-refractivity contribution in [1.82, 2.24) is 10.3 Å². The molecular formula is C20H22N2O5S. The average molecular weight is 402 g/mol. The van der Waals surface area contributed by atoms with Crippen LogP contribution < -0.4 is 14.8 Å². The van der Waals surface area contributed by atoms with Crippen LogP contribution in [-0.2, 0) is 11.2 Å². The summed E-state index contributed by atoms with van der Waals surface area (Å²) in [6, 6.07) is 8.97. The zero-order valence-electron chi connectivity index (χ0n) is 15.9. The number of methoxy groups -OCH3 is 2. The third-order valence-corrected chi connectivity index (χ3v) is 5.10. The van der Waals surface area contributed by atoms with E-state index in [2.05, 4.69) is 10.3 Å². The summed E-state index contributed by atoms with van der Waals surface area (Å²) in [7, 11) is 3.07. The van der Waals surface area contributed by atoms with E-state index in [1.54, 1.807) is 32.2 Å². The summed E-state index contributed by atoms with van der Waals surface area (Å²) in [5, 5.41) is 15.1. The van der Waals surface area contributed by atoms with E-state index in [9.17, 15) is 9.90 Å². The molecule has 1 unspecified atom stereocenters. The fourth-order valence-corrected chi connectivity index (χ4v) is 3.38. The van der Waals surface area contributed by atoms with Gasteiger partial charge in [0, 0.05) is 12.1 Å². The molecule has 0 saturated carbocycles. The van der Waals surface area contributed by atoms with Crippen LogP contribution in [0.5, 0.6) is 11.5 Å². The minimum absolute atomic E-state index is 0.0387. The van der Waals surface area contributed by atoms with Crippen molar-refractivity contribution in [3.63, 3.8) is 0 Å². The number of aliphatic hydroxyl groups excluding tert-OH is 1. The predicted octanol–water partition coefficient (Wildman–Crippen LogP) is 3.12. The lowest BCUT2D eigenvalue weighted by Gasteiger charge is -2.16. The molecule has 0 aliphatic carbocycles. The summed E-state index contributed by atoms with van der Waals surface area (Å²) in [5.74, 6) is 1.98. The van der Waals surface area contributed by atoms with E-state index in [1.807, 2.05) is 17.5 Å². The highest BCUT2D eigenvalue weighted by Gasteiger charge is 2.18. The van der Waals surface area contributed by atoms with Crippen LogP contribution in [-0.4, -0.2) is 36.8 Å². The molecule has 0 radical (unpaired) electrons. The van der Waals surface area contributed by atoms with Gasteiger partial charge in [0.25, 0.3) is 0 Å². The Morgan fingerprint density at radius 2 is 2.14 bits per heavy atom. The van der Waals surface area contributed by atoms with Gasteiger partial charge in [-0.2, -0.15) is 0 Å². The number of rotatable bonds is 8. The lowest BCUT2D eigenvalue weighted by molar-refractivity contribution is -0.121. The monoisotopic (exact) mass is 402 g/mol. The summed E-state index contributed by atoms with van der Waals surface area (Å²) in [6.45, 7) is 1.82. The molecule has 3 aromatic rings. The number of carbonyl (C=O) groups excluding carboxylic acids is 1. The van der Waals surface area contributed by atoms with Crippen LogP contribution in [0, 0.1) is 6.92 Å². The molecule has 148 valence electrons. The molecule has 2 N–H and O–H groups in total. The van der Waals surface area contributed by atoms with E-state index < -0.39 is 6.10 Å². The highest BCUT2D eigenvalue weighted by molar-refractivity contribution is 7.13. The minimum Gasteiger partial charge on any atom is -0.497 e. The van der Waals surface area contributed by atoms with Gasteiger partial charge >= 0.3 is 0 Å². The summed E-state index contributed by atoms with van der Waals surface area (Å²) in [4.78, 5) is 17.6. The molecule has 1 amide bonds. The Labute approximate surface area is 166 Å². The van der Waals surface area contributed by atoms with E-state index in [-0.39, 0.29) is 18.9 Å². The van der Waals surface area contributed by atoms with Gasteiger partial charge in [0.15, 0.2) is 0 Å². The van der Waals surface area contributed by atoms with Crippen LogP contribution in [0.4, 0.5) is 0 Å². The standard InChI is InChI=1S/C20H22N2O5S/c1-12-15(22-20(27-12)18-5-4-8-28-18)10-19(24)21-11-16(23)14-9-13(25-2)6-7-17(14)26-3/h4-9,16,23H,10-11H2,1-3H3,(H,21,24). The highest BCUT2D eigenvalue weighted by Crippen LogP contribution is 2.29. The van der Waals surface area contributed by atoms with Gasteiger partial charge in [-0.15, -0.1) is 11.3 Å². The molecule has 0 aliphatic rings. The fourth-order valence-electron chi connectivity index (χ4n) is 2.73. The van der Waals surface area contributed by atoms with Crippen molar-refractivity contribution >= 4 is 17.2 Å². The van der Waals surface area contributed by atoms with Crippen LogP contribution >= 0.6 is 11.3 Å². The maximum absolute atomic E-state index is 12.3. The molecule has 28 heavy (non-hydrogen) atoms. The van der Waals surface area contributed by atoms with Crippen LogP contribution in [0.2, 0.25) is 0 Å². The first-order valence-electron chi connectivity index (χ1n) is 8.68. The third-order valence-electron chi connectivity index (χ3n) is 4.24. The zero-order valence-corrected chi connectivity index (χ0v) is 16.7. The maximum Gasteiger partial charge on any atom is 0.236 e. The first-order chi connectivity index (χ1) is 13.5. The van der Waals surface area contributed by atoms with Crippen molar-refractivity contribution in [2.45, 2.75) is 19.4 Å². The third kappa shape index (κ3) is 4.52. The van der Waals surface area contributed by atoms with Gasteiger partial charge in [-0.25, -0.2) is 4.98 Å². The molecule has 0 bridgehead atoms. The zero-order chi connectivity index (χ0) is 20.1. The molecule has 0 aliphatic heterocycles. The molecule has 7 nitrogen and oxygen atoms in total. The van der Waals surface area contributed by atoms with Crippen molar-refractivity contribution in [2.75, 3.05) is 20.8 Å². The molecular weight excluding hydrogens is 380 g/mol. The second-order valence-electron chi connectivity index (χ2n) is 6.10. The summed E-state index contributed by atoms with van der Waals surface area (Å²) < 4.78 is 16.1. The number of thiophene rings is 1. The molecule has 2 aromatic heterocycles. The van der Waals surface area contributed by atoms with Crippen LogP contribution in [0.1, 0.15) is 23.1 Å². The summed E-state index contributed by atoms with van der Waals surface area (Å²) in [5.41, 5.74) is 1.12. The highest BCUT2D eigenvalue weighted by atomic mass is 32.1. The molecule has 1 atom stereocenters. The second-order valence-corrected chi connectivity index (χ2v) is 7.05. The molecule has 0 spiro atoms.